The lowest BCUT2D eigenvalue weighted by atomic mass is 10.1. The van der Waals surface area contributed by atoms with Gasteiger partial charge < -0.3 is 5.32 Å². The van der Waals surface area contributed by atoms with E-state index in [1.165, 1.54) is 30.5 Å². The number of benzene rings is 1. The zero-order chi connectivity index (χ0) is 18.0. The number of rotatable bonds is 4. The molecule has 0 fully saturated rings. The molecule has 0 unspecified atom stereocenters. The molecule has 0 aliphatic carbocycles. The first-order valence-electron chi connectivity index (χ1n) is 6.68. The largest absolute Gasteiger partial charge is 0.416 e. The highest BCUT2D eigenvalue weighted by molar-refractivity contribution is 7.90. The fraction of sp³-hybridized carbons (Fsp3) is 0.200. The number of amides is 1. The van der Waals surface area contributed by atoms with Crippen molar-refractivity contribution in [3.05, 3.63) is 53.7 Å². The minimum atomic E-state index is -4.47. The molecule has 9 heteroatoms. The van der Waals surface area contributed by atoms with Crippen molar-refractivity contribution in [1.82, 2.24) is 4.98 Å². The van der Waals surface area contributed by atoms with Gasteiger partial charge in [0.15, 0.2) is 14.9 Å². The second-order valence-corrected chi connectivity index (χ2v) is 7.04. The number of carbonyl (C=O) groups is 1. The fourth-order valence-corrected chi connectivity index (χ4v) is 2.48. The summed E-state index contributed by atoms with van der Waals surface area (Å²) in [5.41, 5.74) is -0.366. The van der Waals surface area contributed by atoms with Crippen molar-refractivity contribution in [3.63, 3.8) is 0 Å². The normalized spacial score (nSPS) is 12.0. The van der Waals surface area contributed by atoms with Gasteiger partial charge in [0.1, 0.15) is 0 Å². The number of carbonyl (C=O) groups excluding carboxylic acids is 1. The van der Waals surface area contributed by atoms with E-state index in [1.807, 2.05) is 0 Å². The summed E-state index contributed by atoms with van der Waals surface area (Å²) in [7, 11) is -3.45. The van der Waals surface area contributed by atoms with Crippen LogP contribution in [0.4, 0.5) is 18.9 Å². The molecule has 0 aliphatic heterocycles. The highest BCUT2D eigenvalue weighted by Gasteiger charge is 2.30. The second kappa shape index (κ2) is 6.60. The maximum atomic E-state index is 12.6. The molecule has 2 aromatic rings. The number of aromatic nitrogens is 1. The van der Waals surface area contributed by atoms with Crippen LogP contribution in [0.1, 0.15) is 11.1 Å². The van der Waals surface area contributed by atoms with E-state index >= 15 is 0 Å². The van der Waals surface area contributed by atoms with Gasteiger partial charge in [0.2, 0.25) is 5.91 Å². The Bertz CT molecular complexity index is 847. The highest BCUT2D eigenvalue weighted by Crippen LogP contribution is 2.29. The second-order valence-electron chi connectivity index (χ2n) is 5.08. The summed E-state index contributed by atoms with van der Waals surface area (Å²) in [6, 6.07) is 7.07. The first-order chi connectivity index (χ1) is 11.1. The third-order valence-corrected chi connectivity index (χ3v) is 4.02. The van der Waals surface area contributed by atoms with E-state index in [4.69, 9.17) is 0 Å². The third kappa shape index (κ3) is 4.79. The molecule has 0 saturated carbocycles. The molecule has 0 spiro atoms. The van der Waals surface area contributed by atoms with Crippen LogP contribution >= 0.6 is 0 Å². The molecule has 1 amide bonds. The molecule has 1 aromatic heterocycles. The number of halogens is 3. The number of anilines is 1. The number of pyridine rings is 1. The molecule has 128 valence electrons. The quantitative estimate of drug-likeness (QED) is 0.912. The smallest absolute Gasteiger partial charge is 0.324 e. The average molecular weight is 358 g/mol. The monoisotopic (exact) mass is 358 g/mol. The van der Waals surface area contributed by atoms with Gasteiger partial charge in [-0.3, -0.25) is 4.79 Å². The summed E-state index contributed by atoms with van der Waals surface area (Å²) in [6.45, 7) is 0. The Morgan fingerprint density at radius 2 is 1.92 bits per heavy atom. The van der Waals surface area contributed by atoms with Gasteiger partial charge in [-0.1, -0.05) is 18.2 Å². The minimum Gasteiger partial charge on any atom is -0.324 e. The third-order valence-electron chi connectivity index (χ3n) is 3.02. The summed E-state index contributed by atoms with van der Waals surface area (Å²) in [6.07, 6.45) is -2.56. The van der Waals surface area contributed by atoms with Gasteiger partial charge in [-0.15, -0.1) is 0 Å². The number of nitrogens with one attached hydrogen (secondary N) is 1. The molecule has 0 aliphatic rings. The van der Waals surface area contributed by atoms with Crippen LogP contribution in [0.5, 0.6) is 0 Å². The van der Waals surface area contributed by atoms with Gasteiger partial charge in [-0.2, -0.15) is 13.2 Å². The van der Waals surface area contributed by atoms with Gasteiger partial charge in [-0.25, -0.2) is 13.4 Å². The van der Waals surface area contributed by atoms with E-state index < -0.39 is 27.5 Å². The van der Waals surface area contributed by atoms with Crippen molar-refractivity contribution < 1.29 is 26.4 Å². The molecular weight excluding hydrogens is 345 g/mol. The molecule has 2 rings (SSSR count). The van der Waals surface area contributed by atoms with E-state index in [1.54, 1.807) is 0 Å². The minimum absolute atomic E-state index is 0.140. The van der Waals surface area contributed by atoms with Crippen molar-refractivity contribution in [2.24, 2.45) is 0 Å². The van der Waals surface area contributed by atoms with Gasteiger partial charge in [0, 0.05) is 6.26 Å². The molecule has 1 N–H and O–H groups in total. The lowest BCUT2D eigenvalue weighted by Crippen LogP contribution is -2.15. The van der Waals surface area contributed by atoms with Crippen LogP contribution in [0.15, 0.2) is 47.6 Å². The van der Waals surface area contributed by atoms with E-state index in [-0.39, 0.29) is 22.7 Å². The highest BCUT2D eigenvalue weighted by atomic mass is 32.2. The standard InChI is InChI=1S/C15H13F3N2O3S/c1-24(22,23)14-6-5-12(9-19-14)20-13(21)8-10-3-2-4-11(7-10)15(16,17)18/h2-7,9H,8H2,1H3,(H,20,21). The molecule has 0 radical (unpaired) electrons. The number of hydrogen-bond donors (Lipinski definition) is 1. The molecule has 5 nitrogen and oxygen atoms in total. The van der Waals surface area contributed by atoms with E-state index in [0.29, 0.717) is 0 Å². The number of alkyl halides is 3. The number of hydrogen-bond acceptors (Lipinski definition) is 4. The van der Waals surface area contributed by atoms with Crippen LogP contribution in [-0.2, 0) is 27.2 Å². The predicted molar refractivity (Wildman–Crippen MR) is 81.1 cm³/mol. The van der Waals surface area contributed by atoms with Crippen LogP contribution in [0, 0.1) is 0 Å². The van der Waals surface area contributed by atoms with Crippen molar-refractivity contribution in [1.29, 1.82) is 0 Å². The van der Waals surface area contributed by atoms with Gasteiger partial charge in [0.25, 0.3) is 0 Å². The van der Waals surface area contributed by atoms with E-state index in [0.717, 1.165) is 18.4 Å². The zero-order valence-electron chi connectivity index (χ0n) is 12.5. The number of sulfone groups is 1. The molecule has 0 saturated heterocycles. The lowest BCUT2D eigenvalue weighted by Gasteiger charge is -2.09. The molecule has 0 atom stereocenters. The first kappa shape index (κ1) is 17.9. The molecule has 1 aromatic carbocycles. The zero-order valence-corrected chi connectivity index (χ0v) is 13.3. The Labute approximate surface area is 136 Å². The summed E-state index contributed by atoms with van der Waals surface area (Å²) < 4.78 is 60.4. The molecular formula is C15H13F3N2O3S. The summed E-state index contributed by atoms with van der Waals surface area (Å²) in [5, 5.41) is 2.31. The Morgan fingerprint density at radius 3 is 2.46 bits per heavy atom. The SMILES string of the molecule is CS(=O)(=O)c1ccc(NC(=O)Cc2cccc(C(F)(F)F)c2)cn1. The van der Waals surface area contributed by atoms with E-state index in [9.17, 15) is 26.4 Å². The van der Waals surface area contributed by atoms with Crippen molar-refractivity contribution >= 4 is 21.4 Å². The van der Waals surface area contributed by atoms with Gasteiger partial charge in [-0.05, 0) is 23.8 Å². The van der Waals surface area contributed by atoms with Crippen LogP contribution in [0.2, 0.25) is 0 Å². The van der Waals surface area contributed by atoms with Crippen molar-refractivity contribution in [2.75, 3.05) is 11.6 Å². The topological polar surface area (TPSA) is 76.1 Å². The molecule has 0 bridgehead atoms. The molecule has 24 heavy (non-hydrogen) atoms. The summed E-state index contributed by atoms with van der Waals surface area (Å²) >= 11 is 0. The van der Waals surface area contributed by atoms with E-state index in [2.05, 4.69) is 10.3 Å². The van der Waals surface area contributed by atoms with Crippen LogP contribution in [-0.4, -0.2) is 25.6 Å². The van der Waals surface area contributed by atoms with Gasteiger partial charge in [0.05, 0.1) is 23.9 Å². The average Bonchev–Trinajstić information content (AvgIpc) is 2.46. The van der Waals surface area contributed by atoms with Crippen molar-refractivity contribution in [2.45, 2.75) is 17.6 Å². The Kier molecular flexibility index (Phi) is 4.93. The number of nitrogens with zero attached hydrogens (tertiary/aromatic N) is 1. The Hall–Kier alpha value is -2.42. The summed E-state index contributed by atoms with van der Waals surface area (Å²) in [4.78, 5) is 15.6. The Morgan fingerprint density at radius 1 is 1.21 bits per heavy atom. The Balaban J connectivity index is 2.06. The maximum absolute atomic E-state index is 12.6. The maximum Gasteiger partial charge on any atom is 0.416 e. The first-order valence-corrected chi connectivity index (χ1v) is 8.57. The van der Waals surface area contributed by atoms with Crippen molar-refractivity contribution in [3.8, 4) is 0 Å². The lowest BCUT2D eigenvalue weighted by molar-refractivity contribution is -0.137. The molecule has 1 heterocycles. The summed E-state index contributed by atoms with van der Waals surface area (Å²) in [5.74, 6) is -0.539. The fourth-order valence-electron chi connectivity index (χ4n) is 1.92. The predicted octanol–water partition coefficient (Wildman–Crippen LogP) is 2.69. The van der Waals surface area contributed by atoms with Crippen LogP contribution in [0.25, 0.3) is 0 Å². The van der Waals surface area contributed by atoms with Gasteiger partial charge >= 0.3 is 6.18 Å². The van der Waals surface area contributed by atoms with Crippen LogP contribution in [0.3, 0.4) is 0 Å². The van der Waals surface area contributed by atoms with Crippen LogP contribution < -0.4 is 5.32 Å².